The Bertz CT molecular complexity index is 1130. The number of carbonyl (C=O) groups is 1. The molecule has 0 unspecified atom stereocenters. The van der Waals surface area contributed by atoms with Gasteiger partial charge in [0.2, 0.25) is 0 Å². The first-order valence-corrected chi connectivity index (χ1v) is 9.40. The summed E-state index contributed by atoms with van der Waals surface area (Å²) in [6.45, 7) is 0.147. The van der Waals surface area contributed by atoms with E-state index in [-0.39, 0.29) is 24.3 Å². The van der Waals surface area contributed by atoms with Crippen molar-refractivity contribution in [1.82, 2.24) is 15.3 Å². The predicted octanol–water partition coefficient (Wildman–Crippen LogP) is 4.36. The SMILES string of the molecule is O=C(Nc1cccnc1)N[C@]1(c2ccc(OC(F)(F)F)c(F)c2)CCOc2cccnc21. The highest BCUT2D eigenvalue weighted by Gasteiger charge is 2.43. The smallest absolute Gasteiger partial charge is 0.491 e. The number of halogens is 4. The molecule has 0 aliphatic carbocycles. The lowest BCUT2D eigenvalue weighted by Gasteiger charge is -2.39. The maximum absolute atomic E-state index is 14.6. The van der Waals surface area contributed by atoms with E-state index in [1.54, 1.807) is 24.3 Å². The summed E-state index contributed by atoms with van der Waals surface area (Å²) in [5, 5.41) is 5.42. The van der Waals surface area contributed by atoms with Crippen molar-refractivity contribution in [3.63, 3.8) is 0 Å². The molecule has 2 N–H and O–H groups in total. The van der Waals surface area contributed by atoms with Crippen molar-refractivity contribution >= 4 is 11.7 Å². The lowest BCUT2D eigenvalue weighted by molar-refractivity contribution is -0.275. The summed E-state index contributed by atoms with van der Waals surface area (Å²) in [5.74, 6) is -1.86. The number of ether oxygens (including phenoxy) is 2. The fourth-order valence-corrected chi connectivity index (χ4v) is 3.50. The largest absolute Gasteiger partial charge is 0.573 e. The van der Waals surface area contributed by atoms with Gasteiger partial charge in [0.25, 0.3) is 0 Å². The number of pyridine rings is 2. The van der Waals surface area contributed by atoms with Crippen LogP contribution in [-0.2, 0) is 5.54 Å². The minimum Gasteiger partial charge on any atom is -0.491 e. The zero-order valence-corrected chi connectivity index (χ0v) is 16.3. The molecule has 11 heteroatoms. The van der Waals surface area contributed by atoms with Crippen molar-refractivity contribution in [2.75, 3.05) is 11.9 Å². The number of urea groups is 1. The first-order valence-electron chi connectivity index (χ1n) is 9.40. The summed E-state index contributed by atoms with van der Waals surface area (Å²) in [6, 6.07) is 8.86. The van der Waals surface area contributed by atoms with Crippen LogP contribution in [0.4, 0.5) is 28.0 Å². The Hall–Kier alpha value is -3.89. The highest BCUT2D eigenvalue weighted by atomic mass is 19.4. The molecule has 32 heavy (non-hydrogen) atoms. The highest BCUT2D eigenvalue weighted by molar-refractivity contribution is 5.90. The zero-order chi connectivity index (χ0) is 22.8. The molecule has 2 amide bonds. The average Bonchev–Trinajstić information content (AvgIpc) is 2.75. The minimum absolute atomic E-state index is 0.147. The molecular formula is C21H16F4N4O3. The zero-order valence-electron chi connectivity index (χ0n) is 16.3. The molecule has 0 fully saturated rings. The molecular weight excluding hydrogens is 432 g/mol. The fraction of sp³-hybridized carbons (Fsp3) is 0.190. The van der Waals surface area contributed by atoms with E-state index in [0.29, 0.717) is 11.4 Å². The summed E-state index contributed by atoms with van der Waals surface area (Å²) in [7, 11) is 0. The van der Waals surface area contributed by atoms with Crippen LogP contribution in [0.5, 0.6) is 11.5 Å². The molecule has 1 aromatic carbocycles. The van der Waals surface area contributed by atoms with Gasteiger partial charge in [-0.3, -0.25) is 9.97 Å². The fourth-order valence-electron chi connectivity index (χ4n) is 3.50. The normalized spacial score (nSPS) is 17.6. The van der Waals surface area contributed by atoms with Gasteiger partial charge in [0.1, 0.15) is 17.0 Å². The van der Waals surface area contributed by atoms with Crippen molar-refractivity contribution in [2.45, 2.75) is 18.3 Å². The van der Waals surface area contributed by atoms with Crippen molar-refractivity contribution in [2.24, 2.45) is 0 Å². The standard InChI is InChI=1S/C21H16F4N4O3/c22-15-11-13(5-6-16(15)32-21(23,24)25)20(7-10-31-17-4-2-9-27-18(17)20)29-19(30)28-14-3-1-8-26-12-14/h1-6,8-9,11-12H,7,10H2,(H2,28,29,30)/t20-/m0/s1. The van der Waals surface area contributed by atoms with E-state index in [1.165, 1.54) is 24.7 Å². The van der Waals surface area contributed by atoms with Gasteiger partial charge in [-0.1, -0.05) is 6.07 Å². The number of amides is 2. The number of rotatable bonds is 4. The van der Waals surface area contributed by atoms with Crippen molar-refractivity contribution in [3.05, 3.63) is 78.1 Å². The van der Waals surface area contributed by atoms with Crippen LogP contribution in [0.25, 0.3) is 0 Å². The molecule has 3 aromatic rings. The number of fused-ring (bicyclic) bond motifs is 1. The van der Waals surface area contributed by atoms with Gasteiger partial charge >= 0.3 is 12.4 Å². The molecule has 7 nitrogen and oxygen atoms in total. The van der Waals surface area contributed by atoms with Crippen LogP contribution in [0.15, 0.2) is 61.1 Å². The second kappa shape index (κ2) is 8.33. The van der Waals surface area contributed by atoms with Gasteiger partial charge in [0.15, 0.2) is 11.6 Å². The molecule has 1 atom stereocenters. The Kier molecular flexibility index (Phi) is 5.56. The maximum atomic E-state index is 14.6. The maximum Gasteiger partial charge on any atom is 0.573 e. The van der Waals surface area contributed by atoms with Gasteiger partial charge in [0.05, 0.1) is 18.5 Å². The lowest BCUT2D eigenvalue weighted by Crippen LogP contribution is -2.51. The van der Waals surface area contributed by atoms with Crippen LogP contribution < -0.4 is 20.1 Å². The average molecular weight is 448 g/mol. The third kappa shape index (κ3) is 4.41. The van der Waals surface area contributed by atoms with Crippen molar-refractivity contribution < 1.29 is 31.8 Å². The minimum atomic E-state index is -5.05. The third-order valence-corrected chi connectivity index (χ3v) is 4.81. The lowest BCUT2D eigenvalue weighted by atomic mass is 9.81. The summed E-state index contributed by atoms with van der Waals surface area (Å²) >= 11 is 0. The number of aromatic nitrogens is 2. The van der Waals surface area contributed by atoms with Gasteiger partial charge in [-0.2, -0.15) is 0 Å². The van der Waals surface area contributed by atoms with E-state index in [9.17, 15) is 22.4 Å². The Labute approximate surface area is 179 Å². The van der Waals surface area contributed by atoms with Crippen LogP contribution in [-0.4, -0.2) is 29.0 Å². The van der Waals surface area contributed by atoms with Crippen LogP contribution >= 0.6 is 0 Å². The molecule has 0 saturated heterocycles. The number of hydrogen-bond donors (Lipinski definition) is 2. The number of alkyl halides is 3. The summed E-state index contributed by atoms with van der Waals surface area (Å²) in [4.78, 5) is 21.0. The van der Waals surface area contributed by atoms with E-state index in [2.05, 4.69) is 25.3 Å². The van der Waals surface area contributed by atoms with Crippen molar-refractivity contribution in [1.29, 1.82) is 0 Å². The monoisotopic (exact) mass is 448 g/mol. The molecule has 166 valence electrons. The van der Waals surface area contributed by atoms with Gasteiger partial charge in [-0.05, 0) is 42.0 Å². The molecule has 0 saturated carbocycles. The second-order valence-electron chi connectivity index (χ2n) is 6.87. The van der Waals surface area contributed by atoms with Gasteiger partial charge in [-0.25, -0.2) is 9.18 Å². The van der Waals surface area contributed by atoms with Gasteiger partial charge in [-0.15, -0.1) is 13.2 Å². The van der Waals surface area contributed by atoms with E-state index >= 15 is 0 Å². The van der Waals surface area contributed by atoms with Gasteiger partial charge < -0.3 is 20.1 Å². The van der Waals surface area contributed by atoms with Crippen LogP contribution in [0.1, 0.15) is 17.7 Å². The molecule has 0 spiro atoms. The first kappa shape index (κ1) is 21.3. The van der Waals surface area contributed by atoms with E-state index in [4.69, 9.17) is 4.74 Å². The Balaban J connectivity index is 1.74. The van der Waals surface area contributed by atoms with E-state index in [1.807, 2.05) is 0 Å². The highest BCUT2D eigenvalue weighted by Crippen LogP contribution is 2.41. The number of hydrogen-bond acceptors (Lipinski definition) is 5. The predicted molar refractivity (Wildman–Crippen MR) is 105 cm³/mol. The number of nitrogens with zero attached hydrogens (tertiary/aromatic N) is 2. The molecule has 1 aliphatic heterocycles. The van der Waals surface area contributed by atoms with Gasteiger partial charge in [0, 0.05) is 18.8 Å². The quantitative estimate of drug-likeness (QED) is 0.580. The third-order valence-electron chi connectivity index (χ3n) is 4.81. The first-order chi connectivity index (χ1) is 15.3. The molecule has 3 heterocycles. The van der Waals surface area contributed by atoms with Crippen molar-refractivity contribution in [3.8, 4) is 11.5 Å². The molecule has 0 bridgehead atoms. The Morgan fingerprint density at radius 3 is 2.69 bits per heavy atom. The topological polar surface area (TPSA) is 85.4 Å². The summed E-state index contributed by atoms with van der Waals surface area (Å²) in [5.41, 5.74) is -0.502. The van der Waals surface area contributed by atoms with Crippen LogP contribution in [0.3, 0.4) is 0 Å². The Morgan fingerprint density at radius 2 is 1.97 bits per heavy atom. The molecule has 2 aromatic heterocycles. The second-order valence-corrected chi connectivity index (χ2v) is 6.87. The van der Waals surface area contributed by atoms with E-state index in [0.717, 1.165) is 12.1 Å². The van der Waals surface area contributed by atoms with Crippen LogP contribution in [0.2, 0.25) is 0 Å². The molecule has 1 aliphatic rings. The van der Waals surface area contributed by atoms with Crippen LogP contribution in [0, 0.1) is 5.82 Å². The Morgan fingerprint density at radius 1 is 1.16 bits per heavy atom. The number of carbonyl (C=O) groups excluding carboxylic acids is 1. The number of benzene rings is 1. The number of nitrogens with one attached hydrogen (secondary N) is 2. The number of anilines is 1. The van der Waals surface area contributed by atoms with E-state index < -0.39 is 29.5 Å². The summed E-state index contributed by atoms with van der Waals surface area (Å²) in [6.07, 6.45) is -0.451. The molecule has 0 radical (unpaired) electrons. The summed E-state index contributed by atoms with van der Waals surface area (Å²) < 4.78 is 61.5. The molecule has 4 rings (SSSR count).